The molecule has 0 amide bonds. The molecule has 0 radical (unpaired) electrons. The maximum atomic E-state index is 5.22. The third kappa shape index (κ3) is 6.75. The number of nitrogens with zero attached hydrogens (tertiary/aromatic N) is 4. The molecular formula is C37H44N4Pt. The second-order valence-electron chi connectivity index (χ2n) is 13.6. The van der Waals surface area contributed by atoms with E-state index in [0.717, 1.165) is 52.0 Å². The predicted octanol–water partition coefficient (Wildman–Crippen LogP) is 7.05. The van der Waals surface area contributed by atoms with E-state index in [4.69, 9.17) is 15.0 Å². The number of rotatable bonds is 7. The second kappa shape index (κ2) is 12.5. The Kier molecular flexibility index (Phi) is 9.14. The van der Waals surface area contributed by atoms with Gasteiger partial charge in [-0.25, -0.2) is 0 Å². The van der Waals surface area contributed by atoms with E-state index >= 15 is 0 Å². The maximum Gasteiger partial charge on any atom is 2.00 e. The molecule has 6 rings (SSSR count). The molecule has 0 saturated heterocycles. The minimum absolute atomic E-state index is 0. The van der Waals surface area contributed by atoms with Crippen molar-refractivity contribution in [1.82, 2.24) is 15.0 Å². The number of pyridine rings is 1. The van der Waals surface area contributed by atoms with Gasteiger partial charge >= 0.3 is 21.1 Å². The van der Waals surface area contributed by atoms with Gasteiger partial charge in [0.25, 0.3) is 0 Å². The third-order valence-corrected chi connectivity index (χ3v) is 9.98. The van der Waals surface area contributed by atoms with Gasteiger partial charge in [-0.3, -0.25) is 9.98 Å². The first-order chi connectivity index (χ1) is 19.7. The van der Waals surface area contributed by atoms with Gasteiger partial charge in [-0.2, -0.15) is 0 Å². The molecule has 4 heterocycles. The van der Waals surface area contributed by atoms with E-state index in [1.54, 1.807) is 0 Å². The molecule has 3 aliphatic rings. The number of aliphatic imine (C=N–C) groups is 1. The van der Waals surface area contributed by atoms with E-state index in [1.807, 2.05) is 24.4 Å². The molecule has 0 unspecified atom stereocenters. The van der Waals surface area contributed by atoms with E-state index in [0.29, 0.717) is 10.8 Å². The zero-order valence-corrected chi connectivity index (χ0v) is 28.1. The quantitative estimate of drug-likeness (QED) is 0.261. The molecule has 0 atom stereocenters. The molecule has 2 aliphatic carbocycles. The van der Waals surface area contributed by atoms with Crippen molar-refractivity contribution in [3.8, 4) is 0 Å². The van der Waals surface area contributed by atoms with Crippen molar-refractivity contribution in [2.45, 2.75) is 98.8 Å². The predicted molar refractivity (Wildman–Crippen MR) is 170 cm³/mol. The fourth-order valence-electron chi connectivity index (χ4n) is 7.24. The summed E-state index contributed by atoms with van der Waals surface area (Å²) in [6.45, 7) is 11.3. The number of allylic oxidation sites excluding steroid dienone is 2. The van der Waals surface area contributed by atoms with Gasteiger partial charge in [-0.05, 0) is 93.4 Å². The molecule has 42 heavy (non-hydrogen) atoms. The SMILES string of the molecule is CC1=N/C(=C\c2cc(CC3(C)CCCC3)c(/C=c3\[n-]/c(=C\c4ccccn4)cc3CC3(C)CCCC3)[n-]2)C(C)=C1C.[Pt+2]. The van der Waals surface area contributed by atoms with Crippen molar-refractivity contribution >= 4 is 23.9 Å². The molecule has 0 bridgehead atoms. The Labute approximate surface area is 265 Å². The van der Waals surface area contributed by atoms with Gasteiger partial charge in [0, 0.05) is 11.9 Å². The van der Waals surface area contributed by atoms with Crippen molar-refractivity contribution < 1.29 is 21.1 Å². The smallest absolute Gasteiger partial charge is 0.658 e. The second-order valence-corrected chi connectivity index (χ2v) is 13.6. The molecule has 222 valence electrons. The molecular weight excluding hydrogens is 696 g/mol. The van der Waals surface area contributed by atoms with E-state index in [2.05, 4.69) is 70.0 Å². The van der Waals surface area contributed by atoms with Gasteiger partial charge in [0.15, 0.2) is 0 Å². The van der Waals surface area contributed by atoms with Crippen LogP contribution in [-0.2, 0) is 33.9 Å². The normalized spacial score (nSPS) is 21.5. The molecule has 1 aliphatic heterocycles. The molecule has 0 spiro atoms. The molecule has 2 saturated carbocycles. The fourth-order valence-corrected chi connectivity index (χ4v) is 7.24. The van der Waals surface area contributed by atoms with Crippen LogP contribution in [-0.4, -0.2) is 10.7 Å². The fraction of sp³-hybridized carbons (Fsp3) is 0.459. The molecule has 3 aromatic rings. The van der Waals surface area contributed by atoms with E-state index < -0.39 is 0 Å². The Morgan fingerprint density at radius 2 is 1.45 bits per heavy atom. The van der Waals surface area contributed by atoms with Crippen molar-refractivity contribution in [1.29, 1.82) is 0 Å². The average molecular weight is 740 g/mol. The first kappa shape index (κ1) is 30.7. The van der Waals surface area contributed by atoms with E-state index in [1.165, 1.54) is 73.6 Å². The molecule has 2 fully saturated rings. The first-order valence-corrected chi connectivity index (χ1v) is 15.6. The van der Waals surface area contributed by atoms with Crippen LogP contribution in [0.3, 0.4) is 0 Å². The molecule has 4 nitrogen and oxygen atoms in total. The third-order valence-electron chi connectivity index (χ3n) is 9.98. The Morgan fingerprint density at radius 3 is 2.05 bits per heavy atom. The van der Waals surface area contributed by atoms with Gasteiger partial charge in [0.2, 0.25) is 0 Å². The van der Waals surface area contributed by atoms with Gasteiger partial charge < -0.3 is 9.97 Å². The van der Waals surface area contributed by atoms with E-state index in [9.17, 15) is 0 Å². The van der Waals surface area contributed by atoms with Crippen LogP contribution in [0, 0.1) is 10.8 Å². The Hall–Kier alpha value is -2.71. The zero-order valence-electron chi connectivity index (χ0n) is 25.9. The van der Waals surface area contributed by atoms with Crippen LogP contribution in [0.25, 0.3) is 18.2 Å². The van der Waals surface area contributed by atoms with Crippen LogP contribution < -0.4 is 20.7 Å². The van der Waals surface area contributed by atoms with Crippen LogP contribution in [0.5, 0.6) is 0 Å². The van der Waals surface area contributed by atoms with Crippen molar-refractivity contribution in [3.05, 3.63) is 92.3 Å². The van der Waals surface area contributed by atoms with Gasteiger partial charge in [-0.1, -0.05) is 87.1 Å². The Bertz CT molecular complexity index is 1630. The molecule has 3 aromatic heterocycles. The topological polar surface area (TPSA) is 53.5 Å². The largest absolute Gasteiger partial charge is 2.00 e. The number of hydrogen-bond acceptors (Lipinski definition) is 2. The summed E-state index contributed by atoms with van der Waals surface area (Å²) in [5, 5.41) is 2.05. The summed E-state index contributed by atoms with van der Waals surface area (Å²) in [4.78, 5) is 19.8. The summed E-state index contributed by atoms with van der Waals surface area (Å²) < 4.78 is 0. The summed E-state index contributed by atoms with van der Waals surface area (Å²) >= 11 is 0. The van der Waals surface area contributed by atoms with E-state index in [-0.39, 0.29) is 21.1 Å². The number of aromatic nitrogens is 3. The summed E-state index contributed by atoms with van der Waals surface area (Å²) in [6.07, 6.45) is 21.0. The van der Waals surface area contributed by atoms with Crippen molar-refractivity contribution in [2.75, 3.05) is 0 Å². The standard InChI is InChI=1S/C37H44N4.Pt/c1-25-26(2)33(39-27(25)3)21-32-19-29(24-37(5)15-9-10-16-37)35(41-32)22-34-28(23-36(4)13-7-8-14-36)18-31(40-34)20-30-12-6-11-17-38-30;/h6,11-12,17-22H,7-10,13-16,23-24H2,1-5H3;/q-2;+2/b31-20-,33-21-,34-22-;. The summed E-state index contributed by atoms with van der Waals surface area (Å²) in [6, 6.07) is 10.6. The molecule has 0 N–H and O–H groups in total. The molecule has 0 aromatic carbocycles. The summed E-state index contributed by atoms with van der Waals surface area (Å²) in [5.74, 6) is 0. The van der Waals surface area contributed by atoms with Gasteiger partial charge in [0.1, 0.15) is 0 Å². The van der Waals surface area contributed by atoms with Crippen LogP contribution in [0.15, 0.2) is 58.4 Å². The first-order valence-electron chi connectivity index (χ1n) is 15.6. The average Bonchev–Trinajstić information content (AvgIpc) is 3.76. The molecule has 5 heteroatoms. The summed E-state index contributed by atoms with van der Waals surface area (Å²) in [7, 11) is 0. The Morgan fingerprint density at radius 1 is 0.786 bits per heavy atom. The van der Waals surface area contributed by atoms with Gasteiger partial charge in [-0.15, -0.1) is 22.1 Å². The minimum atomic E-state index is 0. The maximum absolute atomic E-state index is 5.22. The van der Waals surface area contributed by atoms with Gasteiger partial charge in [0.05, 0.1) is 11.4 Å². The van der Waals surface area contributed by atoms with Crippen molar-refractivity contribution in [3.63, 3.8) is 0 Å². The number of hydrogen-bond donors (Lipinski definition) is 0. The van der Waals surface area contributed by atoms with Crippen LogP contribution in [0.1, 0.15) is 114 Å². The van der Waals surface area contributed by atoms with Crippen LogP contribution in [0.2, 0.25) is 0 Å². The zero-order chi connectivity index (χ0) is 28.6. The minimum Gasteiger partial charge on any atom is -0.658 e. The van der Waals surface area contributed by atoms with Crippen LogP contribution in [0.4, 0.5) is 0 Å². The monoisotopic (exact) mass is 739 g/mol. The Balaban J connectivity index is 0.00000353. The van der Waals surface area contributed by atoms with Crippen molar-refractivity contribution in [2.24, 2.45) is 15.8 Å². The summed E-state index contributed by atoms with van der Waals surface area (Å²) in [5.41, 5.74) is 11.0. The van der Waals surface area contributed by atoms with Crippen LogP contribution >= 0.6 is 0 Å².